The maximum absolute atomic E-state index is 13.1. The molecule has 0 atom stereocenters. The van der Waals surface area contributed by atoms with E-state index < -0.39 is 10.0 Å². The lowest BCUT2D eigenvalue weighted by molar-refractivity contribution is 0.261. The summed E-state index contributed by atoms with van der Waals surface area (Å²) in [5, 5.41) is 0.425. The maximum Gasteiger partial charge on any atom is 0.262 e. The first-order valence-electron chi connectivity index (χ1n) is 8.81. The fourth-order valence-electron chi connectivity index (χ4n) is 2.87. The molecule has 1 N–H and O–H groups in total. The Morgan fingerprint density at radius 1 is 1.07 bits per heavy atom. The van der Waals surface area contributed by atoms with Crippen LogP contribution < -0.4 is 14.2 Å². The summed E-state index contributed by atoms with van der Waals surface area (Å²) in [5.41, 5.74) is 2.44. The molecule has 154 valence electrons. The SMILES string of the molecule is COc1cc(C)c(S(=O)(=O)Nc2ccc(Cl)c(OCCN(C)C)c2)c(C)c1C. The smallest absolute Gasteiger partial charge is 0.262 e. The monoisotopic (exact) mass is 426 g/mol. The van der Waals surface area contributed by atoms with Crippen molar-refractivity contribution >= 4 is 27.3 Å². The molecule has 8 heteroatoms. The highest BCUT2D eigenvalue weighted by atomic mass is 35.5. The highest BCUT2D eigenvalue weighted by Gasteiger charge is 2.23. The second-order valence-electron chi connectivity index (χ2n) is 6.88. The van der Waals surface area contributed by atoms with Crippen LogP contribution in [-0.4, -0.2) is 47.7 Å². The first-order chi connectivity index (χ1) is 13.1. The van der Waals surface area contributed by atoms with Gasteiger partial charge in [-0.1, -0.05) is 11.6 Å². The number of ether oxygens (including phenoxy) is 2. The van der Waals surface area contributed by atoms with Crippen LogP contribution in [0.25, 0.3) is 0 Å². The first-order valence-corrected chi connectivity index (χ1v) is 10.7. The summed E-state index contributed by atoms with van der Waals surface area (Å²) in [7, 11) is 1.65. The summed E-state index contributed by atoms with van der Waals surface area (Å²) in [6, 6.07) is 6.55. The average molecular weight is 427 g/mol. The Kier molecular flexibility index (Phi) is 7.20. The third kappa shape index (κ3) is 5.10. The van der Waals surface area contributed by atoms with Crippen molar-refractivity contribution in [2.24, 2.45) is 0 Å². The number of hydrogen-bond acceptors (Lipinski definition) is 5. The molecule has 0 bridgehead atoms. The molecule has 0 aliphatic rings. The van der Waals surface area contributed by atoms with Gasteiger partial charge in [-0.15, -0.1) is 0 Å². The van der Waals surface area contributed by atoms with Crippen LogP contribution in [0.15, 0.2) is 29.2 Å². The molecule has 0 amide bonds. The minimum atomic E-state index is -3.80. The highest BCUT2D eigenvalue weighted by molar-refractivity contribution is 7.92. The summed E-state index contributed by atoms with van der Waals surface area (Å²) in [5.74, 6) is 1.10. The molecule has 2 aromatic carbocycles. The van der Waals surface area contributed by atoms with Crippen molar-refractivity contribution in [3.63, 3.8) is 0 Å². The molecule has 0 spiro atoms. The summed E-state index contributed by atoms with van der Waals surface area (Å²) < 4.78 is 39.8. The summed E-state index contributed by atoms with van der Waals surface area (Å²) >= 11 is 6.17. The largest absolute Gasteiger partial charge is 0.496 e. The van der Waals surface area contributed by atoms with Gasteiger partial charge in [-0.25, -0.2) is 8.42 Å². The van der Waals surface area contributed by atoms with E-state index in [1.165, 1.54) is 0 Å². The molecule has 2 aromatic rings. The zero-order chi connectivity index (χ0) is 21.1. The lowest BCUT2D eigenvalue weighted by Gasteiger charge is -2.18. The highest BCUT2D eigenvalue weighted by Crippen LogP contribution is 2.33. The van der Waals surface area contributed by atoms with Crippen molar-refractivity contribution in [2.75, 3.05) is 39.1 Å². The number of likely N-dealkylation sites (N-methyl/N-ethyl adjacent to an activating group) is 1. The molecular formula is C20H27ClN2O4S. The zero-order valence-electron chi connectivity index (χ0n) is 17.1. The van der Waals surface area contributed by atoms with Crippen LogP contribution in [0.1, 0.15) is 16.7 Å². The van der Waals surface area contributed by atoms with Gasteiger partial charge in [0.15, 0.2) is 0 Å². The van der Waals surface area contributed by atoms with Crippen molar-refractivity contribution < 1.29 is 17.9 Å². The van der Waals surface area contributed by atoms with Crippen LogP contribution in [0.2, 0.25) is 5.02 Å². The second kappa shape index (κ2) is 9.03. The van der Waals surface area contributed by atoms with Crippen molar-refractivity contribution in [3.05, 3.63) is 46.0 Å². The number of nitrogens with one attached hydrogen (secondary N) is 1. The van der Waals surface area contributed by atoms with E-state index >= 15 is 0 Å². The molecule has 6 nitrogen and oxygen atoms in total. The van der Waals surface area contributed by atoms with Gasteiger partial charge in [0.25, 0.3) is 10.0 Å². The predicted molar refractivity (Wildman–Crippen MR) is 114 cm³/mol. The number of hydrogen-bond donors (Lipinski definition) is 1. The maximum atomic E-state index is 13.1. The molecule has 2 rings (SSSR count). The van der Waals surface area contributed by atoms with Crippen LogP contribution in [0, 0.1) is 20.8 Å². The van der Waals surface area contributed by atoms with Gasteiger partial charge in [0.1, 0.15) is 18.1 Å². The van der Waals surface area contributed by atoms with Gasteiger partial charge in [-0.2, -0.15) is 0 Å². The van der Waals surface area contributed by atoms with Gasteiger partial charge in [0, 0.05) is 12.6 Å². The predicted octanol–water partition coefficient (Wildman–Crippen LogP) is 4.02. The topological polar surface area (TPSA) is 67.9 Å². The molecule has 0 saturated heterocycles. The minimum Gasteiger partial charge on any atom is -0.496 e. The fraction of sp³-hybridized carbons (Fsp3) is 0.400. The van der Waals surface area contributed by atoms with Crippen LogP contribution in [0.5, 0.6) is 11.5 Å². The van der Waals surface area contributed by atoms with Crippen LogP contribution in [0.4, 0.5) is 5.69 Å². The minimum absolute atomic E-state index is 0.246. The van der Waals surface area contributed by atoms with E-state index in [2.05, 4.69) is 4.72 Å². The molecule has 0 aliphatic carbocycles. The molecule has 0 aliphatic heterocycles. The first kappa shape index (κ1) is 22.3. The van der Waals surface area contributed by atoms with Crippen LogP contribution in [0.3, 0.4) is 0 Å². The normalized spacial score (nSPS) is 11.6. The van der Waals surface area contributed by atoms with E-state index in [-0.39, 0.29) is 4.90 Å². The number of nitrogens with zero attached hydrogens (tertiary/aromatic N) is 1. The number of halogens is 1. The van der Waals surface area contributed by atoms with Gasteiger partial charge < -0.3 is 14.4 Å². The number of anilines is 1. The number of aryl methyl sites for hydroxylation is 1. The molecule has 0 fully saturated rings. The Hall–Kier alpha value is -1.96. The van der Waals surface area contributed by atoms with Gasteiger partial charge in [0.2, 0.25) is 0 Å². The average Bonchev–Trinajstić information content (AvgIpc) is 2.60. The Labute approximate surface area is 172 Å². The third-order valence-electron chi connectivity index (χ3n) is 4.45. The summed E-state index contributed by atoms with van der Waals surface area (Å²) in [6.07, 6.45) is 0. The Morgan fingerprint density at radius 2 is 1.75 bits per heavy atom. The number of methoxy groups -OCH3 is 1. The molecule has 0 unspecified atom stereocenters. The van der Waals surface area contributed by atoms with Crippen molar-refractivity contribution in [3.8, 4) is 11.5 Å². The van der Waals surface area contributed by atoms with Gasteiger partial charge in [0.05, 0.1) is 22.7 Å². The second-order valence-corrected chi connectivity index (χ2v) is 8.90. The van der Waals surface area contributed by atoms with E-state index in [4.69, 9.17) is 21.1 Å². The summed E-state index contributed by atoms with van der Waals surface area (Å²) in [4.78, 5) is 2.23. The van der Waals surface area contributed by atoms with Gasteiger partial charge in [-0.3, -0.25) is 4.72 Å². The van der Waals surface area contributed by atoms with Crippen molar-refractivity contribution in [1.29, 1.82) is 0 Å². The van der Waals surface area contributed by atoms with Crippen LogP contribution >= 0.6 is 11.6 Å². The number of benzene rings is 2. The lowest BCUT2D eigenvalue weighted by Crippen LogP contribution is -2.19. The Bertz CT molecular complexity index is 959. The number of sulfonamides is 1. The van der Waals surface area contributed by atoms with Gasteiger partial charge >= 0.3 is 0 Å². The van der Waals surface area contributed by atoms with E-state index in [0.29, 0.717) is 39.9 Å². The zero-order valence-corrected chi connectivity index (χ0v) is 18.7. The lowest BCUT2D eigenvalue weighted by atomic mass is 10.1. The van der Waals surface area contributed by atoms with E-state index in [1.807, 2.05) is 25.9 Å². The molecule has 28 heavy (non-hydrogen) atoms. The van der Waals surface area contributed by atoms with Crippen molar-refractivity contribution in [2.45, 2.75) is 25.7 Å². The third-order valence-corrected chi connectivity index (χ3v) is 6.43. The molecule has 0 radical (unpaired) electrons. The van der Waals surface area contributed by atoms with Crippen molar-refractivity contribution in [1.82, 2.24) is 4.90 Å². The van der Waals surface area contributed by atoms with Crippen LogP contribution in [-0.2, 0) is 10.0 Å². The molecular weight excluding hydrogens is 400 g/mol. The summed E-state index contributed by atoms with van der Waals surface area (Å²) in [6.45, 7) is 6.53. The molecule has 0 saturated carbocycles. The standard InChI is InChI=1S/C20H27ClN2O4S/c1-13-11-18(26-6)14(2)15(3)20(13)28(24,25)22-16-7-8-17(21)19(12-16)27-10-9-23(4)5/h7-8,11-12,22H,9-10H2,1-6H3. The Balaban J connectivity index is 2.34. The van der Waals surface area contributed by atoms with E-state index in [1.54, 1.807) is 45.2 Å². The quantitative estimate of drug-likeness (QED) is 0.690. The molecule has 0 aromatic heterocycles. The van der Waals surface area contributed by atoms with Gasteiger partial charge in [-0.05, 0) is 69.8 Å². The Morgan fingerprint density at radius 3 is 2.36 bits per heavy atom. The number of rotatable bonds is 8. The van der Waals surface area contributed by atoms with E-state index in [0.717, 1.165) is 12.1 Å². The molecule has 0 heterocycles. The van der Waals surface area contributed by atoms with E-state index in [9.17, 15) is 8.42 Å². The fourth-order valence-corrected chi connectivity index (χ4v) is 4.62.